The molecule has 1 fully saturated rings. The molecule has 0 bridgehead atoms. The van der Waals surface area contributed by atoms with Gasteiger partial charge in [0.1, 0.15) is 5.03 Å². The highest BCUT2D eigenvalue weighted by molar-refractivity contribution is 8.00. The minimum absolute atomic E-state index is 0. The average Bonchev–Trinajstić information content (AvgIpc) is 3.19. The predicted octanol–water partition coefficient (Wildman–Crippen LogP) is 3.28. The van der Waals surface area contributed by atoms with Crippen molar-refractivity contribution in [3.8, 4) is 0 Å². The number of carbonyl (C=O) groups is 2. The van der Waals surface area contributed by atoms with Crippen molar-refractivity contribution in [3.05, 3.63) is 23.9 Å². The fourth-order valence-corrected chi connectivity index (χ4v) is 4.03. The van der Waals surface area contributed by atoms with Crippen LogP contribution in [-0.4, -0.2) is 52.6 Å². The van der Waals surface area contributed by atoms with Crippen molar-refractivity contribution >= 4 is 48.4 Å². The van der Waals surface area contributed by atoms with Crippen LogP contribution in [0.25, 0.3) is 0 Å². The van der Waals surface area contributed by atoms with E-state index in [1.165, 1.54) is 11.8 Å². The average molecular weight is 451 g/mol. The molecule has 3 N–H and O–H groups in total. The first-order valence-electron chi connectivity index (χ1n) is 9.48. The summed E-state index contributed by atoms with van der Waals surface area (Å²) in [5.41, 5.74) is 6.29. The number of halogens is 2. The van der Waals surface area contributed by atoms with Crippen molar-refractivity contribution < 1.29 is 9.59 Å². The first-order valence-corrected chi connectivity index (χ1v) is 10.4. The first kappa shape index (κ1) is 27.0. The highest BCUT2D eigenvalue weighted by atomic mass is 35.5. The standard InChI is InChI=1S/C19H30N4O2S.2ClH/c1-3-4-8-15(13-20)22-17(24)16-9-7-10-21-18(16)26-14(2)19(25)23-11-5-6-12-23;;/h7,9-10,14-15H,3-6,8,11-13,20H2,1-2H3,(H,22,24);2*1H. The number of amides is 2. The molecule has 0 radical (unpaired) electrons. The Balaban J connectivity index is 0.00000364. The molecule has 1 saturated heterocycles. The molecule has 28 heavy (non-hydrogen) atoms. The zero-order valence-corrected chi connectivity index (χ0v) is 19.0. The Morgan fingerprint density at radius 2 is 2.00 bits per heavy atom. The van der Waals surface area contributed by atoms with Gasteiger partial charge in [-0.25, -0.2) is 4.98 Å². The van der Waals surface area contributed by atoms with Crippen molar-refractivity contribution in [2.75, 3.05) is 19.6 Å². The number of nitrogens with two attached hydrogens (primary N) is 1. The van der Waals surface area contributed by atoms with E-state index in [0.29, 0.717) is 17.1 Å². The number of likely N-dealkylation sites (tertiary alicyclic amines) is 1. The Morgan fingerprint density at radius 3 is 2.61 bits per heavy atom. The summed E-state index contributed by atoms with van der Waals surface area (Å²) in [6.07, 6.45) is 6.75. The molecule has 6 nitrogen and oxygen atoms in total. The number of hydrogen-bond acceptors (Lipinski definition) is 5. The topological polar surface area (TPSA) is 88.3 Å². The first-order chi connectivity index (χ1) is 12.6. The van der Waals surface area contributed by atoms with Crippen molar-refractivity contribution in [3.63, 3.8) is 0 Å². The van der Waals surface area contributed by atoms with Gasteiger partial charge in [-0.15, -0.1) is 24.8 Å². The SMILES string of the molecule is CCCCC(CN)NC(=O)c1cccnc1SC(C)C(=O)N1CCCC1.Cl.Cl. The van der Waals surface area contributed by atoms with Gasteiger partial charge in [-0.1, -0.05) is 31.5 Å². The molecule has 160 valence electrons. The van der Waals surface area contributed by atoms with Gasteiger partial charge in [-0.3, -0.25) is 9.59 Å². The second-order valence-corrected chi connectivity index (χ2v) is 8.03. The van der Waals surface area contributed by atoms with Crippen LogP contribution in [0.2, 0.25) is 0 Å². The van der Waals surface area contributed by atoms with Crippen LogP contribution in [-0.2, 0) is 4.79 Å². The van der Waals surface area contributed by atoms with Crippen molar-refractivity contribution in [2.45, 2.75) is 62.3 Å². The molecule has 1 aromatic rings. The van der Waals surface area contributed by atoms with Gasteiger partial charge in [-0.2, -0.15) is 0 Å². The summed E-state index contributed by atoms with van der Waals surface area (Å²) >= 11 is 1.35. The van der Waals surface area contributed by atoms with Crippen molar-refractivity contribution in [2.24, 2.45) is 5.73 Å². The van der Waals surface area contributed by atoms with E-state index >= 15 is 0 Å². The van der Waals surface area contributed by atoms with Crippen LogP contribution in [0.15, 0.2) is 23.4 Å². The van der Waals surface area contributed by atoms with E-state index in [-0.39, 0.29) is 47.9 Å². The number of thioether (sulfide) groups is 1. The number of nitrogens with one attached hydrogen (secondary N) is 1. The maximum Gasteiger partial charge on any atom is 0.254 e. The summed E-state index contributed by atoms with van der Waals surface area (Å²) in [6.45, 7) is 6.07. The van der Waals surface area contributed by atoms with E-state index in [9.17, 15) is 9.59 Å². The van der Waals surface area contributed by atoms with E-state index in [0.717, 1.165) is 45.2 Å². The van der Waals surface area contributed by atoms with Crippen LogP contribution in [0.1, 0.15) is 56.3 Å². The van der Waals surface area contributed by atoms with Gasteiger partial charge in [0.15, 0.2) is 0 Å². The number of unbranched alkanes of at least 4 members (excludes halogenated alkanes) is 1. The van der Waals surface area contributed by atoms with Gasteiger partial charge in [0.25, 0.3) is 5.91 Å². The molecule has 2 rings (SSSR count). The van der Waals surface area contributed by atoms with E-state index in [1.807, 2.05) is 11.8 Å². The third kappa shape index (κ3) is 7.78. The second kappa shape index (κ2) is 14.0. The van der Waals surface area contributed by atoms with Crippen LogP contribution in [0.5, 0.6) is 0 Å². The number of pyridine rings is 1. The van der Waals surface area contributed by atoms with E-state index in [4.69, 9.17) is 5.73 Å². The van der Waals surface area contributed by atoms with Gasteiger partial charge >= 0.3 is 0 Å². The molecule has 2 atom stereocenters. The summed E-state index contributed by atoms with van der Waals surface area (Å²) < 4.78 is 0. The van der Waals surface area contributed by atoms with E-state index < -0.39 is 0 Å². The smallest absolute Gasteiger partial charge is 0.254 e. The monoisotopic (exact) mass is 450 g/mol. The molecule has 0 saturated carbocycles. The number of hydrogen-bond donors (Lipinski definition) is 2. The quantitative estimate of drug-likeness (QED) is 0.563. The van der Waals surface area contributed by atoms with Crippen LogP contribution >= 0.6 is 36.6 Å². The molecular weight excluding hydrogens is 419 g/mol. The summed E-state index contributed by atoms with van der Waals surface area (Å²) in [5, 5.41) is 3.33. The summed E-state index contributed by atoms with van der Waals surface area (Å²) in [5.74, 6) is -0.0553. The normalized spacial score (nSPS) is 15.2. The molecule has 1 aromatic heterocycles. The van der Waals surface area contributed by atoms with Crippen molar-refractivity contribution in [1.82, 2.24) is 15.2 Å². The molecule has 2 amide bonds. The lowest BCUT2D eigenvalue weighted by Crippen LogP contribution is -2.40. The number of nitrogens with zero attached hydrogens (tertiary/aromatic N) is 2. The van der Waals surface area contributed by atoms with Gasteiger partial charge in [0.05, 0.1) is 10.8 Å². The van der Waals surface area contributed by atoms with Crippen LogP contribution in [0, 0.1) is 0 Å². The Hall–Kier alpha value is -1.02. The minimum atomic E-state index is -0.264. The zero-order valence-electron chi connectivity index (χ0n) is 16.6. The number of rotatable bonds is 9. The Bertz CT molecular complexity index is 615. The molecule has 0 spiro atoms. The van der Waals surface area contributed by atoms with Gasteiger partial charge < -0.3 is 16.0 Å². The maximum atomic E-state index is 12.7. The lowest BCUT2D eigenvalue weighted by atomic mass is 10.1. The summed E-state index contributed by atoms with van der Waals surface area (Å²) in [4.78, 5) is 31.5. The Kier molecular flexibility index (Phi) is 13.5. The van der Waals surface area contributed by atoms with Gasteiger partial charge in [-0.05, 0) is 38.3 Å². The highest BCUT2D eigenvalue weighted by Crippen LogP contribution is 2.27. The number of carbonyl (C=O) groups excluding carboxylic acids is 2. The fraction of sp³-hybridized carbons (Fsp3) is 0.632. The molecule has 0 aromatic carbocycles. The molecule has 2 unspecified atom stereocenters. The number of aromatic nitrogens is 1. The third-order valence-corrected chi connectivity index (χ3v) is 5.70. The van der Waals surface area contributed by atoms with Gasteiger partial charge in [0.2, 0.25) is 5.91 Å². The summed E-state index contributed by atoms with van der Waals surface area (Å²) in [6, 6.07) is 3.46. The molecular formula is C19H32Cl2N4O2S. The Morgan fingerprint density at radius 1 is 1.32 bits per heavy atom. The molecule has 1 aliphatic heterocycles. The molecule has 2 heterocycles. The van der Waals surface area contributed by atoms with Crippen LogP contribution in [0.4, 0.5) is 0 Å². The Labute approximate surface area is 184 Å². The lowest BCUT2D eigenvalue weighted by molar-refractivity contribution is -0.129. The lowest BCUT2D eigenvalue weighted by Gasteiger charge is -2.21. The third-order valence-electron chi connectivity index (χ3n) is 4.60. The second-order valence-electron chi connectivity index (χ2n) is 6.70. The largest absolute Gasteiger partial charge is 0.348 e. The van der Waals surface area contributed by atoms with Gasteiger partial charge in [0, 0.05) is 31.9 Å². The molecule has 1 aliphatic rings. The summed E-state index contributed by atoms with van der Waals surface area (Å²) in [7, 11) is 0. The highest BCUT2D eigenvalue weighted by Gasteiger charge is 2.26. The predicted molar refractivity (Wildman–Crippen MR) is 120 cm³/mol. The van der Waals surface area contributed by atoms with Crippen LogP contribution < -0.4 is 11.1 Å². The fourth-order valence-electron chi connectivity index (χ4n) is 3.03. The maximum absolute atomic E-state index is 12.7. The zero-order chi connectivity index (χ0) is 18.9. The van der Waals surface area contributed by atoms with Crippen LogP contribution in [0.3, 0.4) is 0 Å². The van der Waals surface area contributed by atoms with E-state index in [1.54, 1.807) is 18.3 Å². The van der Waals surface area contributed by atoms with E-state index in [2.05, 4.69) is 17.2 Å². The molecule has 0 aliphatic carbocycles. The minimum Gasteiger partial charge on any atom is -0.348 e. The van der Waals surface area contributed by atoms with Crippen molar-refractivity contribution in [1.29, 1.82) is 0 Å². The molecule has 9 heteroatoms.